The molecule has 1 N–H and O–H groups in total. The summed E-state index contributed by atoms with van der Waals surface area (Å²) in [7, 11) is 4.90. The molecule has 1 aliphatic rings. The standard InChI is InChI=1S/C25H31N3O3/c1-16-9-17(2)11-19(10-16)28-22-8-6-7-21(20(22)15-27-28)26-14-18-12-23(29-3)25(31-5)24(13-18)30-4/h9-13,15,21,26H,6-8,14H2,1-5H3. The number of aromatic nitrogens is 2. The molecular weight excluding hydrogens is 390 g/mol. The van der Waals surface area contributed by atoms with Crippen LogP contribution in [0.4, 0.5) is 0 Å². The number of hydrogen-bond donors (Lipinski definition) is 1. The van der Waals surface area contributed by atoms with Gasteiger partial charge in [-0.1, -0.05) is 6.07 Å². The Morgan fingerprint density at radius 3 is 2.26 bits per heavy atom. The van der Waals surface area contributed by atoms with Gasteiger partial charge in [-0.2, -0.15) is 5.10 Å². The van der Waals surface area contributed by atoms with Gasteiger partial charge in [-0.15, -0.1) is 0 Å². The van der Waals surface area contributed by atoms with Crippen molar-refractivity contribution in [3.63, 3.8) is 0 Å². The predicted molar refractivity (Wildman–Crippen MR) is 122 cm³/mol. The number of hydrogen-bond acceptors (Lipinski definition) is 5. The van der Waals surface area contributed by atoms with E-state index in [0.717, 1.165) is 30.5 Å². The van der Waals surface area contributed by atoms with E-state index < -0.39 is 0 Å². The monoisotopic (exact) mass is 421 g/mol. The minimum absolute atomic E-state index is 0.266. The van der Waals surface area contributed by atoms with Crippen LogP contribution in [0, 0.1) is 13.8 Å². The van der Waals surface area contributed by atoms with E-state index in [4.69, 9.17) is 19.3 Å². The average molecular weight is 422 g/mol. The Labute approximate surface area is 184 Å². The van der Waals surface area contributed by atoms with Crippen molar-refractivity contribution in [1.29, 1.82) is 0 Å². The van der Waals surface area contributed by atoms with Crippen LogP contribution in [0.3, 0.4) is 0 Å². The molecule has 4 rings (SSSR count). The molecule has 0 saturated heterocycles. The van der Waals surface area contributed by atoms with Gasteiger partial charge in [0, 0.05) is 23.8 Å². The first-order chi connectivity index (χ1) is 15.0. The average Bonchev–Trinajstić information content (AvgIpc) is 3.21. The summed E-state index contributed by atoms with van der Waals surface area (Å²) in [5.41, 5.74) is 7.34. The number of aryl methyl sites for hydroxylation is 2. The SMILES string of the molecule is COc1cc(CNC2CCCc3c2cnn3-c2cc(C)cc(C)c2)cc(OC)c1OC. The molecular formula is C25H31N3O3. The van der Waals surface area contributed by atoms with Crippen LogP contribution in [-0.2, 0) is 13.0 Å². The van der Waals surface area contributed by atoms with E-state index >= 15 is 0 Å². The van der Waals surface area contributed by atoms with Crippen LogP contribution in [0.15, 0.2) is 36.5 Å². The minimum Gasteiger partial charge on any atom is -0.493 e. The Hall–Kier alpha value is -2.99. The zero-order valence-electron chi connectivity index (χ0n) is 19.0. The van der Waals surface area contributed by atoms with Gasteiger partial charge in [0.2, 0.25) is 5.75 Å². The van der Waals surface area contributed by atoms with Gasteiger partial charge in [-0.05, 0) is 74.1 Å². The van der Waals surface area contributed by atoms with E-state index in [2.05, 4.69) is 42.0 Å². The number of benzene rings is 2. The van der Waals surface area contributed by atoms with E-state index in [9.17, 15) is 0 Å². The highest BCUT2D eigenvalue weighted by Crippen LogP contribution is 2.38. The normalized spacial score (nSPS) is 15.5. The summed E-state index contributed by atoms with van der Waals surface area (Å²) < 4.78 is 18.5. The molecule has 1 aromatic heterocycles. The zero-order valence-corrected chi connectivity index (χ0v) is 19.0. The van der Waals surface area contributed by atoms with Crippen LogP contribution in [0.1, 0.15) is 46.8 Å². The third-order valence-corrected chi connectivity index (χ3v) is 5.91. The Bertz CT molecular complexity index is 1030. The van der Waals surface area contributed by atoms with Gasteiger partial charge in [0.05, 0.1) is 33.2 Å². The van der Waals surface area contributed by atoms with Crippen molar-refractivity contribution in [3.05, 3.63) is 64.5 Å². The van der Waals surface area contributed by atoms with Gasteiger partial charge >= 0.3 is 0 Å². The zero-order chi connectivity index (χ0) is 22.0. The van der Waals surface area contributed by atoms with E-state index in [-0.39, 0.29) is 6.04 Å². The first-order valence-electron chi connectivity index (χ1n) is 10.7. The fourth-order valence-corrected chi connectivity index (χ4v) is 4.54. The number of rotatable bonds is 7. The number of nitrogens with one attached hydrogen (secondary N) is 1. The molecule has 0 aliphatic heterocycles. The smallest absolute Gasteiger partial charge is 0.203 e. The molecule has 1 aliphatic carbocycles. The van der Waals surface area contributed by atoms with Crippen molar-refractivity contribution >= 4 is 0 Å². The molecule has 1 unspecified atom stereocenters. The molecule has 31 heavy (non-hydrogen) atoms. The lowest BCUT2D eigenvalue weighted by molar-refractivity contribution is 0.323. The maximum Gasteiger partial charge on any atom is 0.203 e. The second kappa shape index (κ2) is 9.02. The van der Waals surface area contributed by atoms with Crippen LogP contribution in [0.25, 0.3) is 5.69 Å². The van der Waals surface area contributed by atoms with Crippen molar-refractivity contribution in [2.24, 2.45) is 0 Å². The van der Waals surface area contributed by atoms with E-state index in [1.165, 1.54) is 22.4 Å². The molecule has 2 aromatic carbocycles. The molecule has 0 saturated carbocycles. The first-order valence-corrected chi connectivity index (χ1v) is 10.7. The van der Waals surface area contributed by atoms with Crippen molar-refractivity contribution in [3.8, 4) is 22.9 Å². The Morgan fingerprint density at radius 1 is 0.968 bits per heavy atom. The van der Waals surface area contributed by atoms with Gasteiger partial charge < -0.3 is 19.5 Å². The molecule has 3 aromatic rings. The fraction of sp³-hybridized carbons (Fsp3) is 0.400. The van der Waals surface area contributed by atoms with E-state index in [1.54, 1.807) is 21.3 Å². The van der Waals surface area contributed by atoms with Crippen LogP contribution in [0.2, 0.25) is 0 Å². The van der Waals surface area contributed by atoms with Crippen molar-refractivity contribution in [1.82, 2.24) is 15.1 Å². The van der Waals surface area contributed by atoms with Gasteiger partial charge in [-0.3, -0.25) is 0 Å². The largest absolute Gasteiger partial charge is 0.493 e. The quantitative estimate of drug-likeness (QED) is 0.600. The lowest BCUT2D eigenvalue weighted by atomic mass is 9.92. The summed E-state index contributed by atoms with van der Waals surface area (Å²) >= 11 is 0. The number of ether oxygens (including phenoxy) is 3. The highest BCUT2D eigenvalue weighted by Gasteiger charge is 2.25. The van der Waals surface area contributed by atoms with Gasteiger partial charge in [0.15, 0.2) is 11.5 Å². The summed E-state index contributed by atoms with van der Waals surface area (Å²) in [4.78, 5) is 0. The van der Waals surface area contributed by atoms with Crippen LogP contribution < -0.4 is 19.5 Å². The van der Waals surface area contributed by atoms with Crippen LogP contribution >= 0.6 is 0 Å². The fourth-order valence-electron chi connectivity index (χ4n) is 4.54. The summed E-state index contributed by atoms with van der Waals surface area (Å²) in [5.74, 6) is 1.96. The van der Waals surface area contributed by atoms with E-state index in [1.807, 2.05) is 18.3 Å². The second-order valence-electron chi connectivity index (χ2n) is 8.16. The highest BCUT2D eigenvalue weighted by atomic mass is 16.5. The maximum atomic E-state index is 5.49. The Kier molecular flexibility index (Phi) is 6.18. The number of nitrogens with zero attached hydrogens (tertiary/aromatic N) is 2. The number of fused-ring (bicyclic) bond motifs is 1. The van der Waals surface area contributed by atoms with Crippen molar-refractivity contribution in [2.45, 2.75) is 45.7 Å². The Balaban J connectivity index is 1.57. The maximum absolute atomic E-state index is 5.49. The van der Waals surface area contributed by atoms with Crippen molar-refractivity contribution < 1.29 is 14.2 Å². The molecule has 6 heteroatoms. The van der Waals surface area contributed by atoms with Crippen LogP contribution in [0.5, 0.6) is 17.2 Å². The molecule has 0 fully saturated rings. The molecule has 1 atom stereocenters. The molecule has 1 heterocycles. The van der Waals surface area contributed by atoms with Gasteiger partial charge in [0.25, 0.3) is 0 Å². The molecule has 6 nitrogen and oxygen atoms in total. The molecule has 164 valence electrons. The predicted octanol–water partition coefficient (Wildman–Crippen LogP) is 4.68. The van der Waals surface area contributed by atoms with Crippen LogP contribution in [-0.4, -0.2) is 31.1 Å². The minimum atomic E-state index is 0.266. The summed E-state index contributed by atoms with van der Waals surface area (Å²) in [5, 5.41) is 8.47. The Morgan fingerprint density at radius 2 is 1.65 bits per heavy atom. The molecule has 0 bridgehead atoms. The molecule has 0 spiro atoms. The van der Waals surface area contributed by atoms with E-state index in [0.29, 0.717) is 23.8 Å². The highest BCUT2D eigenvalue weighted by molar-refractivity contribution is 5.54. The third-order valence-electron chi connectivity index (χ3n) is 5.91. The van der Waals surface area contributed by atoms with Crippen molar-refractivity contribution in [2.75, 3.05) is 21.3 Å². The number of methoxy groups -OCH3 is 3. The van der Waals surface area contributed by atoms with Gasteiger partial charge in [0.1, 0.15) is 0 Å². The topological polar surface area (TPSA) is 57.5 Å². The lowest BCUT2D eigenvalue weighted by Gasteiger charge is -2.25. The summed E-state index contributed by atoms with van der Waals surface area (Å²) in [6.07, 6.45) is 5.30. The molecule has 0 amide bonds. The first kappa shape index (κ1) is 21.2. The third kappa shape index (κ3) is 4.26. The second-order valence-corrected chi connectivity index (χ2v) is 8.16. The summed E-state index contributed by atoms with van der Waals surface area (Å²) in [6, 6.07) is 10.9. The lowest BCUT2D eigenvalue weighted by Crippen LogP contribution is -2.25. The summed E-state index contributed by atoms with van der Waals surface area (Å²) in [6.45, 7) is 4.97. The van der Waals surface area contributed by atoms with Gasteiger partial charge in [-0.25, -0.2) is 4.68 Å². The molecule has 0 radical (unpaired) electrons.